The van der Waals surface area contributed by atoms with Gasteiger partial charge in [0, 0.05) is 11.8 Å². The molecule has 10 nitrogen and oxygen atoms in total. The second kappa shape index (κ2) is 8.21. The lowest BCUT2D eigenvalue weighted by Gasteiger charge is -2.17. The van der Waals surface area contributed by atoms with Crippen LogP contribution in [0.15, 0.2) is 64.3 Å². The lowest BCUT2D eigenvalue weighted by Crippen LogP contribution is -2.28. The fourth-order valence-corrected chi connectivity index (χ4v) is 3.85. The van der Waals surface area contributed by atoms with E-state index in [9.17, 15) is 28.2 Å². The molecule has 0 bridgehead atoms. The summed E-state index contributed by atoms with van der Waals surface area (Å²) in [5, 5.41) is 24.6. The highest BCUT2D eigenvalue weighted by atomic mass is 19.4. The van der Waals surface area contributed by atoms with Crippen LogP contribution in [0.4, 0.5) is 19.0 Å². The number of benzene rings is 1. The van der Waals surface area contributed by atoms with E-state index in [4.69, 9.17) is 10.3 Å². The Bertz CT molecular complexity index is 1590. The Morgan fingerprint density at radius 2 is 1.86 bits per heavy atom. The van der Waals surface area contributed by atoms with Gasteiger partial charge in [-0.3, -0.25) is 4.79 Å². The van der Waals surface area contributed by atoms with Crippen molar-refractivity contribution in [3.63, 3.8) is 0 Å². The number of aromatic nitrogens is 5. The molecule has 0 spiro atoms. The highest BCUT2D eigenvalue weighted by Gasteiger charge is 2.36. The van der Waals surface area contributed by atoms with Crippen LogP contribution in [0, 0.1) is 0 Å². The molecular formula is C22H17F3N6O4. The van der Waals surface area contributed by atoms with Crippen LogP contribution in [0.5, 0.6) is 0 Å². The third-order valence-corrected chi connectivity index (χ3v) is 5.55. The number of hydrogen-bond acceptors (Lipinski definition) is 8. The molecule has 0 saturated carbocycles. The van der Waals surface area contributed by atoms with E-state index >= 15 is 0 Å². The van der Waals surface area contributed by atoms with Gasteiger partial charge in [-0.15, -0.1) is 0 Å². The van der Waals surface area contributed by atoms with E-state index in [-0.39, 0.29) is 34.7 Å². The van der Waals surface area contributed by atoms with Crippen molar-refractivity contribution in [3.8, 4) is 11.3 Å². The number of aliphatic hydroxyl groups excluding tert-OH is 2. The maximum atomic E-state index is 13.6. The molecule has 5 aromatic rings. The van der Waals surface area contributed by atoms with Crippen LogP contribution in [-0.2, 0) is 12.7 Å². The Balaban J connectivity index is 1.54. The predicted octanol–water partition coefficient (Wildman–Crippen LogP) is 2.39. The standard InChI is InChI=1S/C22H17F3N6O4/c23-22(24,25)14-7-15(31-17(14)19(26)28-10-29-31)12-6-13-20(27-8-12)35-30(21(13)34)9-16(32)18(33)11-4-2-1-3-5-11/h1-8,10,16,18,32-33H,9H2,(H2,26,28,29). The number of nitrogens with two attached hydrogens (primary N) is 1. The molecule has 0 fully saturated rings. The average molecular weight is 486 g/mol. The molecule has 1 aromatic carbocycles. The number of nitrogen functional groups attached to an aromatic ring is 1. The summed E-state index contributed by atoms with van der Waals surface area (Å²) in [6.07, 6.45) is -5.14. The van der Waals surface area contributed by atoms with Crippen LogP contribution in [0.3, 0.4) is 0 Å². The highest BCUT2D eigenvalue weighted by Crippen LogP contribution is 2.38. The molecule has 4 N–H and O–H groups in total. The normalized spacial score (nSPS) is 14.0. The van der Waals surface area contributed by atoms with Crippen molar-refractivity contribution < 1.29 is 27.9 Å². The molecule has 13 heteroatoms. The molecule has 0 aliphatic heterocycles. The number of rotatable bonds is 5. The maximum Gasteiger partial charge on any atom is 0.418 e. The van der Waals surface area contributed by atoms with Crippen molar-refractivity contribution in [1.82, 2.24) is 24.3 Å². The van der Waals surface area contributed by atoms with Crippen LogP contribution in [0.1, 0.15) is 17.2 Å². The van der Waals surface area contributed by atoms with Crippen LogP contribution < -0.4 is 11.3 Å². The van der Waals surface area contributed by atoms with Gasteiger partial charge in [0.05, 0.1) is 17.8 Å². The second-order valence-corrected chi connectivity index (χ2v) is 7.80. The molecule has 5 rings (SSSR count). The highest BCUT2D eigenvalue weighted by molar-refractivity contribution is 5.82. The SMILES string of the molecule is Nc1ncnn2c(-c3cnc4on(CC(O)C(O)c5ccccc5)c(=O)c4c3)cc(C(F)(F)F)c12. The summed E-state index contributed by atoms with van der Waals surface area (Å²) in [4.78, 5) is 20.6. The van der Waals surface area contributed by atoms with Crippen molar-refractivity contribution in [3.05, 3.63) is 76.5 Å². The number of hydrogen-bond donors (Lipinski definition) is 3. The van der Waals surface area contributed by atoms with Crippen LogP contribution >= 0.6 is 0 Å². The largest absolute Gasteiger partial charge is 0.418 e. The third kappa shape index (κ3) is 3.90. The van der Waals surface area contributed by atoms with Crippen LogP contribution in [0.25, 0.3) is 27.9 Å². The molecule has 2 atom stereocenters. The summed E-state index contributed by atoms with van der Waals surface area (Å²) in [6.45, 7) is -0.378. The quantitative estimate of drug-likeness (QED) is 0.344. The number of halogens is 3. The monoisotopic (exact) mass is 486 g/mol. The Labute approximate surface area is 193 Å². The zero-order valence-corrected chi connectivity index (χ0v) is 17.7. The minimum Gasteiger partial charge on any atom is -0.388 e. The fourth-order valence-electron chi connectivity index (χ4n) is 3.85. The van der Waals surface area contributed by atoms with Crippen molar-refractivity contribution in [2.24, 2.45) is 0 Å². The molecule has 0 radical (unpaired) electrons. The van der Waals surface area contributed by atoms with Crippen molar-refractivity contribution >= 4 is 22.4 Å². The molecular weight excluding hydrogens is 469 g/mol. The zero-order chi connectivity index (χ0) is 24.9. The van der Waals surface area contributed by atoms with Crippen molar-refractivity contribution in [2.45, 2.75) is 24.9 Å². The molecule has 4 aromatic heterocycles. The van der Waals surface area contributed by atoms with E-state index in [1.807, 2.05) is 0 Å². The fraction of sp³-hybridized carbons (Fsp3) is 0.182. The number of aliphatic hydroxyl groups is 2. The Kier molecular flexibility index (Phi) is 5.29. The third-order valence-electron chi connectivity index (χ3n) is 5.55. The lowest BCUT2D eigenvalue weighted by atomic mass is 10.0. The van der Waals surface area contributed by atoms with Crippen molar-refractivity contribution in [1.29, 1.82) is 0 Å². The van der Waals surface area contributed by atoms with Crippen LogP contribution in [0.2, 0.25) is 0 Å². The van der Waals surface area contributed by atoms with Gasteiger partial charge in [0.1, 0.15) is 29.4 Å². The van der Waals surface area contributed by atoms with Gasteiger partial charge in [-0.25, -0.2) is 14.5 Å². The summed E-state index contributed by atoms with van der Waals surface area (Å²) in [7, 11) is 0. The first-order chi connectivity index (χ1) is 16.6. The average Bonchev–Trinajstić information content (AvgIpc) is 3.38. The molecule has 0 aliphatic rings. The Morgan fingerprint density at radius 1 is 1.11 bits per heavy atom. The van der Waals surface area contributed by atoms with E-state index in [1.165, 1.54) is 12.3 Å². The van der Waals surface area contributed by atoms with E-state index in [0.717, 1.165) is 21.6 Å². The molecule has 180 valence electrons. The topological polar surface area (TPSA) is 145 Å². The van der Waals surface area contributed by atoms with E-state index in [2.05, 4.69) is 15.1 Å². The van der Waals surface area contributed by atoms with E-state index in [1.54, 1.807) is 30.3 Å². The zero-order valence-electron chi connectivity index (χ0n) is 17.7. The summed E-state index contributed by atoms with van der Waals surface area (Å²) in [5.41, 5.74) is 4.04. The first kappa shape index (κ1) is 22.6. The van der Waals surface area contributed by atoms with Crippen molar-refractivity contribution in [2.75, 3.05) is 5.73 Å². The molecule has 0 amide bonds. The number of fused-ring (bicyclic) bond motifs is 2. The number of alkyl halides is 3. The minimum absolute atomic E-state index is 0.0116. The summed E-state index contributed by atoms with van der Waals surface area (Å²) in [5.74, 6) is -0.357. The van der Waals surface area contributed by atoms with Gasteiger partial charge in [-0.1, -0.05) is 30.3 Å². The maximum absolute atomic E-state index is 13.6. The Hall–Kier alpha value is -4.23. The first-order valence-corrected chi connectivity index (χ1v) is 10.3. The summed E-state index contributed by atoms with van der Waals surface area (Å²) < 4.78 is 48.0. The van der Waals surface area contributed by atoms with Gasteiger partial charge in [0.25, 0.3) is 11.3 Å². The van der Waals surface area contributed by atoms with E-state index < -0.39 is 35.0 Å². The van der Waals surface area contributed by atoms with Gasteiger partial charge in [-0.05, 0) is 17.7 Å². The van der Waals surface area contributed by atoms with Gasteiger partial charge in [0.2, 0.25) is 0 Å². The van der Waals surface area contributed by atoms with Gasteiger partial charge in [-0.2, -0.15) is 23.0 Å². The predicted molar refractivity (Wildman–Crippen MR) is 117 cm³/mol. The summed E-state index contributed by atoms with van der Waals surface area (Å²) in [6, 6.07) is 10.5. The molecule has 0 aliphatic carbocycles. The lowest BCUT2D eigenvalue weighted by molar-refractivity contribution is -0.136. The number of nitrogens with zero attached hydrogens (tertiary/aromatic N) is 5. The number of anilines is 1. The minimum atomic E-state index is -4.72. The van der Waals surface area contributed by atoms with Crippen LogP contribution in [-0.4, -0.2) is 40.6 Å². The first-order valence-electron chi connectivity index (χ1n) is 10.3. The molecule has 0 saturated heterocycles. The van der Waals surface area contributed by atoms with Gasteiger partial charge >= 0.3 is 6.18 Å². The van der Waals surface area contributed by atoms with Gasteiger partial charge < -0.3 is 20.5 Å². The van der Waals surface area contributed by atoms with E-state index in [0.29, 0.717) is 5.56 Å². The van der Waals surface area contributed by atoms with Gasteiger partial charge in [0.15, 0.2) is 5.82 Å². The summed E-state index contributed by atoms with van der Waals surface area (Å²) >= 11 is 0. The molecule has 35 heavy (non-hydrogen) atoms. The Morgan fingerprint density at radius 3 is 2.57 bits per heavy atom. The second-order valence-electron chi connectivity index (χ2n) is 7.80. The number of pyridine rings is 1. The smallest absolute Gasteiger partial charge is 0.388 e. The molecule has 4 heterocycles. The molecule has 2 unspecified atom stereocenters.